The van der Waals surface area contributed by atoms with Crippen LogP contribution in [0.1, 0.15) is 0 Å². The minimum Gasteiger partial charge on any atom is -0.458 e. The molecule has 0 unspecified atom stereocenters. The highest BCUT2D eigenvalue weighted by Crippen LogP contribution is 2.45. The third-order valence-corrected chi connectivity index (χ3v) is 24.0. The van der Waals surface area contributed by atoms with Gasteiger partial charge in [0.2, 0.25) is 0 Å². The smallest absolute Gasteiger partial charge is 0.260 e. The van der Waals surface area contributed by atoms with Crippen molar-refractivity contribution in [2.75, 3.05) is 0 Å². The molecule has 504 valence electrons. The van der Waals surface area contributed by atoms with E-state index in [4.69, 9.17) is 32.8 Å². The van der Waals surface area contributed by atoms with E-state index >= 15 is 0 Å². The maximum atomic E-state index is 6.47. The van der Waals surface area contributed by atoms with Gasteiger partial charge in [-0.15, -0.1) is 22.7 Å². The van der Waals surface area contributed by atoms with E-state index < -0.39 is 0 Å². The van der Waals surface area contributed by atoms with E-state index in [-0.39, 0.29) is 20.1 Å². The van der Waals surface area contributed by atoms with Gasteiger partial charge < -0.3 is 32.8 Å². The molecular formula is C96H57B3O7S2. The average molecular weight is 1420 g/mol. The second-order valence-corrected chi connectivity index (χ2v) is 30.1. The number of rotatable bonds is 6. The molecular weight excluding hydrogens is 1360 g/mol. The Kier molecular flexibility index (Phi) is 14.5. The Labute approximate surface area is 631 Å². The number of hydrogen-bond acceptors (Lipinski definition) is 9. The normalized spacial score (nSPS) is 12.8. The standard InChI is InChI=1S/C32H19BO3.2C32H19BO2S/c1-4-10-26-22(7-1)17-29(34-26)21-15-13-20(14-16-21)23-18-30-32-31(19-23)36-28-12-6-3-9-25(28)33(32)24-8-2-5-11-27(24)35-30;1-6-12-30-22(7-1)19-31(36-30)21-15-13-20(14-16-21)23-17-28-32-29(18-23)35-27-11-5-3-9-25(27)33(32)24-8-2-4-10-26(24)34-28;1-2-8-20(9-3-1)31-19-23-16-21(14-15-30(23)36-31)22-17-28-32-29(18-22)35-27-13-7-5-11-25(27)33(32)24-10-4-6-12-26(24)34-28/h3*1-19H. The minimum atomic E-state index is 0.0920. The van der Waals surface area contributed by atoms with Crippen molar-refractivity contribution >= 4 is 123 Å². The maximum absolute atomic E-state index is 6.47. The Hall–Kier alpha value is -13.2. The molecule has 18 aromatic rings. The molecule has 12 heteroatoms. The highest BCUT2D eigenvalue weighted by Gasteiger charge is 2.43. The highest BCUT2D eigenvalue weighted by atomic mass is 32.1. The quantitative estimate of drug-likeness (QED) is 0.154. The minimum absolute atomic E-state index is 0.0920. The van der Waals surface area contributed by atoms with Crippen molar-refractivity contribution in [1.82, 2.24) is 0 Å². The van der Waals surface area contributed by atoms with Gasteiger partial charge in [-0.3, -0.25) is 0 Å². The van der Waals surface area contributed by atoms with Crippen molar-refractivity contribution in [2.45, 2.75) is 0 Å². The molecule has 3 aromatic heterocycles. The average Bonchev–Trinajstić information content (AvgIpc) is 0.808. The van der Waals surface area contributed by atoms with Gasteiger partial charge in [0.15, 0.2) is 0 Å². The first-order chi connectivity index (χ1) is 53.4. The third-order valence-electron chi connectivity index (χ3n) is 21.6. The first-order valence-electron chi connectivity index (χ1n) is 36.4. The predicted octanol–water partition coefficient (Wildman–Crippen LogP) is 20.4. The summed E-state index contributed by atoms with van der Waals surface area (Å²) in [7, 11) is 0. The van der Waals surface area contributed by atoms with E-state index in [2.05, 4.69) is 279 Å². The molecule has 108 heavy (non-hydrogen) atoms. The summed E-state index contributed by atoms with van der Waals surface area (Å²) in [6, 6.07) is 121. The van der Waals surface area contributed by atoms with Crippen molar-refractivity contribution in [3.8, 4) is 135 Å². The number of thiophene rings is 2. The molecule has 0 fully saturated rings. The summed E-state index contributed by atoms with van der Waals surface area (Å²) < 4.78 is 47.4. The number of benzene rings is 15. The molecule has 0 radical (unpaired) electrons. The molecule has 0 bridgehead atoms. The summed E-state index contributed by atoms with van der Waals surface area (Å²) in [4.78, 5) is 2.57. The van der Waals surface area contributed by atoms with Gasteiger partial charge in [-0.1, -0.05) is 231 Å². The lowest BCUT2D eigenvalue weighted by atomic mass is 9.35. The summed E-state index contributed by atoms with van der Waals surface area (Å²) in [6.45, 7) is 0.301. The van der Waals surface area contributed by atoms with Crippen molar-refractivity contribution in [3.63, 3.8) is 0 Å². The molecule has 6 aliphatic heterocycles. The molecule has 0 spiro atoms. The van der Waals surface area contributed by atoms with Crippen LogP contribution >= 0.6 is 22.7 Å². The topological polar surface area (TPSA) is 68.5 Å². The van der Waals surface area contributed by atoms with Gasteiger partial charge in [-0.05, 0) is 203 Å². The van der Waals surface area contributed by atoms with Gasteiger partial charge in [0.1, 0.15) is 80.3 Å². The molecule has 0 saturated carbocycles. The van der Waals surface area contributed by atoms with Crippen LogP contribution in [0.2, 0.25) is 0 Å². The lowest BCUT2D eigenvalue weighted by Crippen LogP contribution is -2.57. The molecule has 15 aromatic carbocycles. The van der Waals surface area contributed by atoms with Crippen LogP contribution in [-0.4, -0.2) is 20.1 Å². The Morgan fingerprint density at radius 3 is 0.926 bits per heavy atom. The van der Waals surface area contributed by atoms with E-state index in [1.54, 1.807) is 0 Å². The Morgan fingerprint density at radius 2 is 0.509 bits per heavy atom. The number of ether oxygens (including phenoxy) is 6. The Bertz CT molecular complexity index is 6140. The summed E-state index contributed by atoms with van der Waals surface area (Å²) in [6.07, 6.45) is 0. The molecule has 6 aliphatic rings. The van der Waals surface area contributed by atoms with Crippen molar-refractivity contribution < 1.29 is 32.8 Å². The summed E-state index contributed by atoms with van der Waals surface area (Å²) in [5.74, 6) is 11.5. The van der Waals surface area contributed by atoms with Gasteiger partial charge in [0, 0.05) is 46.5 Å². The van der Waals surface area contributed by atoms with E-state index in [0.29, 0.717) is 0 Å². The fourth-order valence-electron chi connectivity index (χ4n) is 16.6. The molecule has 0 aliphatic carbocycles. The lowest BCUT2D eigenvalue weighted by Gasteiger charge is -2.33. The summed E-state index contributed by atoms with van der Waals surface area (Å²) in [5.41, 5.74) is 21.4. The summed E-state index contributed by atoms with van der Waals surface area (Å²) >= 11 is 3.66. The molecule has 7 nitrogen and oxygen atoms in total. The van der Waals surface area contributed by atoms with E-state index in [1.165, 1.54) is 73.8 Å². The van der Waals surface area contributed by atoms with Crippen LogP contribution in [0.3, 0.4) is 0 Å². The van der Waals surface area contributed by atoms with Gasteiger partial charge >= 0.3 is 0 Å². The number of fused-ring (bicyclic) bond motifs is 15. The maximum Gasteiger partial charge on any atom is 0.260 e. The van der Waals surface area contributed by atoms with E-state index in [0.717, 1.165) is 141 Å². The largest absolute Gasteiger partial charge is 0.458 e. The fraction of sp³-hybridized carbons (Fsp3) is 0. The van der Waals surface area contributed by atoms with E-state index in [9.17, 15) is 0 Å². The van der Waals surface area contributed by atoms with Crippen LogP contribution < -0.4 is 77.6 Å². The van der Waals surface area contributed by atoms with Crippen LogP contribution in [0.5, 0.6) is 69.0 Å². The van der Waals surface area contributed by atoms with Crippen LogP contribution in [0, 0.1) is 0 Å². The van der Waals surface area contributed by atoms with Crippen LogP contribution in [0.25, 0.3) is 96.7 Å². The lowest BCUT2D eigenvalue weighted by molar-refractivity contribution is 0.464. The first-order valence-corrected chi connectivity index (χ1v) is 38.0. The predicted molar refractivity (Wildman–Crippen MR) is 446 cm³/mol. The molecule has 0 N–H and O–H groups in total. The zero-order valence-corrected chi connectivity index (χ0v) is 59.4. The Morgan fingerprint density at radius 1 is 0.194 bits per heavy atom. The van der Waals surface area contributed by atoms with Crippen LogP contribution in [0.15, 0.2) is 350 Å². The second kappa shape index (κ2) is 25.2. The highest BCUT2D eigenvalue weighted by molar-refractivity contribution is 7.22. The Balaban J connectivity index is 0.000000100. The van der Waals surface area contributed by atoms with Gasteiger partial charge in [0.05, 0.1) is 0 Å². The first kappa shape index (κ1) is 62.2. The van der Waals surface area contributed by atoms with E-state index in [1.807, 2.05) is 89.4 Å². The summed E-state index contributed by atoms with van der Waals surface area (Å²) in [5, 5.41) is 3.65. The monoisotopic (exact) mass is 1420 g/mol. The second-order valence-electron chi connectivity index (χ2n) is 28.0. The molecule has 0 saturated heterocycles. The molecule has 0 amide bonds. The fourth-order valence-corrected chi connectivity index (χ4v) is 18.7. The number of furan rings is 1. The zero-order chi connectivity index (χ0) is 70.9. The zero-order valence-electron chi connectivity index (χ0n) is 57.8. The van der Waals surface area contributed by atoms with Gasteiger partial charge in [0.25, 0.3) is 20.1 Å². The number of para-hydroxylation sites is 7. The van der Waals surface area contributed by atoms with Gasteiger partial charge in [-0.25, -0.2) is 0 Å². The van der Waals surface area contributed by atoms with Crippen molar-refractivity contribution in [3.05, 3.63) is 346 Å². The third kappa shape index (κ3) is 10.6. The molecule has 24 rings (SSSR count). The molecule has 9 heterocycles. The van der Waals surface area contributed by atoms with Crippen molar-refractivity contribution in [1.29, 1.82) is 0 Å². The van der Waals surface area contributed by atoms with Gasteiger partial charge in [-0.2, -0.15) is 0 Å². The number of hydrogen-bond donors (Lipinski definition) is 0. The van der Waals surface area contributed by atoms with Crippen LogP contribution in [0.4, 0.5) is 0 Å². The van der Waals surface area contributed by atoms with Crippen LogP contribution in [-0.2, 0) is 0 Å². The molecule has 0 atom stereocenters. The SMILES string of the molecule is c1ccc(-c2cc3cc(-c4cc5c6c(c4)Oc4ccccc4B6c4ccccc4O5)ccc3s2)cc1.c1ccc2c(c1)Oc1cc(-c3ccc(-c4cc5ccccc5o4)cc3)cc3c1B2c1ccccc1O3.c1ccc2c(c1)Oc1cc(-c3ccc(-c4cc5ccccc5s4)cc3)cc3c1B2c1ccccc1O3. The van der Waals surface area contributed by atoms with Crippen molar-refractivity contribution in [2.24, 2.45) is 0 Å².